The Kier molecular flexibility index (Phi) is 15.0. The molecule has 1 atom stereocenters. The fraction of sp³-hybridized carbons (Fsp3) is 0.606. The maximum atomic E-state index is 12.4. The Morgan fingerprint density at radius 3 is 2.14 bits per heavy atom. The third-order valence-electron chi connectivity index (χ3n) is 7.07. The molecular formula is C33H52NO3+. The van der Waals surface area contributed by atoms with Crippen molar-refractivity contribution in [1.82, 2.24) is 0 Å². The molecule has 0 radical (unpaired) electrons. The van der Waals surface area contributed by atoms with Crippen LogP contribution in [0.1, 0.15) is 89.2 Å². The van der Waals surface area contributed by atoms with Gasteiger partial charge in [-0.1, -0.05) is 94.8 Å². The van der Waals surface area contributed by atoms with E-state index < -0.39 is 0 Å². The van der Waals surface area contributed by atoms with E-state index in [1.807, 2.05) is 13.0 Å². The number of rotatable bonds is 20. The molecule has 0 aliphatic carbocycles. The molecule has 0 heterocycles. The SMILES string of the molecule is CCCCCCCCCc1ccc(OCCCCOC(=O)C(C)CC[N+](C)(C)Cc2ccccc2)cc1. The Balaban J connectivity index is 1.51. The van der Waals surface area contributed by atoms with Gasteiger partial charge in [0, 0.05) is 12.0 Å². The van der Waals surface area contributed by atoms with E-state index in [0.717, 1.165) is 49.0 Å². The number of ether oxygens (including phenoxy) is 2. The molecule has 0 bridgehead atoms. The van der Waals surface area contributed by atoms with Crippen molar-refractivity contribution in [2.24, 2.45) is 5.92 Å². The molecule has 0 aromatic heterocycles. The van der Waals surface area contributed by atoms with Crippen molar-refractivity contribution in [2.75, 3.05) is 33.9 Å². The van der Waals surface area contributed by atoms with Crippen LogP contribution in [0.25, 0.3) is 0 Å². The molecule has 2 aromatic carbocycles. The maximum Gasteiger partial charge on any atom is 0.308 e. The zero-order valence-electron chi connectivity index (χ0n) is 24.1. The highest BCUT2D eigenvalue weighted by atomic mass is 16.5. The minimum absolute atomic E-state index is 0.0796. The normalized spacial score (nSPS) is 12.3. The monoisotopic (exact) mass is 510 g/mol. The Bertz CT molecular complexity index is 848. The molecule has 37 heavy (non-hydrogen) atoms. The summed E-state index contributed by atoms with van der Waals surface area (Å²) in [6.45, 7) is 7.26. The standard InChI is InChI=1S/C33H52NO3/c1-5-6-7-8-9-10-12-17-30-20-22-32(23-21-30)36-26-15-16-27-37-33(35)29(2)24-25-34(3,4)28-31-18-13-11-14-19-31/h11,13-14,18-23,29H,5-10,12,15-17,24-28H2,1-4H3/q+1. The van der Waals surface area contributed by atoms with Crippen LogP contribution in [0.4, 0.5) is 0 Å². The average molecular weight is 511 g/mol. The summed E-state index contributed by atoms with van der Waals surface area (Å²) >= 11 is 0. The molecule has 0 saturated carbocycles. The average Bonchev–Trinajstić information content (AvgIpc) is 2.89. The second kappa shape index (κ2) is 18.0. The van der Waals surface area contributed by atoms with Crippen molar-refractivity contribution in [3.8, 4) is 5.75 Å². The first-order chi connectivity index (χ1) is 17.9. The van der Waals surface area contributed by atoms with E-state index in [1.54, 1.807) is 0 Å². The van der Waals surface area contributed by atoms with Gasteiger partial charge in [0.05, 0.1) is 39.8 Å². The van der Waals surface area contributed by atoms with Crippen LogP contribution in [0.15, 0.2) is 54.6 Å². The molecule has 0 N–H and O–H groups in total. The maximum absolute atomic E-state index is 12.4. The molecule has 206 valence electrons. The summed E-state index contributed by atoms with van der Waals surface area (Å²) in [6.07, 6.45) is 13.1. The van der Waals surface area contributed by atoms with Gasteiger partial charge in [0.1, 0.15) is 12.3 Å². The fourth-order valence-electron chi connectivity index (χ4n) is 4.57. The van der Waals surface area contributed by atoms with Gasteiger partial charge in [-0.3, -0.25) is 4.79 Å². The summed E-state index contributed by atoms with van der Waals surface area (Å²) in [4.78, 5) is 12.4. The topological polar surface area (TPSA) is 35.5 Å². The van der Waals surface area contributed by atoms with Gasteiger partial charge in [-0.15, -0.1) is 0 Å². The summed E-state index contributed by atoms with van der Waals surface area (Å²) in [6, 6.07) is 19.1. The molecule has 2 rings (SSSR count). The smallest absolute Gasteiger partial charge is 0.308 e. The Morgan fingerprint density at radius 2 is 1.43 bits per heavy atom. The highest BCUT2D eigenvalue weighted by Gasteiger charge is 2.21. The van der Waals surface area contributed by atoms with Crippen LogP contribution in [0, 0.1) is 5.92 Å². The van der Waals surface area contributed by atoms with Crippen LogP contribution >= 0.6 is 0 Å². The van der Waals surface area contributed by atoms with E-state index in [4.69, 9.17) is 9.47 Å². The van der Waals surface area contributed by atoms with Crippen molar-refractivity contribution in [3.63, 3.8) is 0 Å². The third kappa shape index (κ3) is 14.3. The molecule has 0 aliphatic heterocycles. The lowest BCUT2D eigenvalue weighted by molar-refractivity contribution is -0.904. The van der Waals surface area contributed by atoms with Crippen LogP contribution in [0.2, 0.25) is 0 Å². The van der Waals surface area contributed by atoms with E-state index in [2.05, 4.69) is 69.6 Å². The lowest BCUT2D eigenvalue weighted by Gasteiger charge is -2.30. The number of hydrogen-bond acceptors (Lipinski definition) is 3. The fourth-order valence-corrected chi connectivity index (χ4v) is 4.57. The molecule has 4 nitrogen and oxygen atoms in total. The van der Waals surface area contributed by atoms with E-state index in [0.29, 0.717) is 13.2 Å². The number of unbranched alkanes of at least 4 members (excludes halogenated alkanes) is 7. The van der Waals surface area contributed by atoms with Gasteiger partial charge >= 0.3 is 5.97 Å². The second-order valence-electron chi connectivity index (χ2n) is 11.2. The predicted octanol–water partition coefficient (Wildman–Crippen LogP) is 7.98. The summed E-state index contributed by atoms with van der Waals surface area (Å²) in [5.41, 5.74) is 2.72. The minimum atomic E-state index is -0.0859. The van der Waals surface area contributed by atoms with E-state index in [-0.39, 0.29) is 11.9 Å². The summed E-state index contributed by atoms with van der Waals surface area (Å²) in [5.74, 6) is 0.756. The predicted molar refractivity (Wildman–Crippen MR) is 155 cm³/mol. The number of nitrogens with zero attached hydrogens (tertiary/aromatic N) is 1. The molecule has 4 heteroatoms. The number of quaternary nitrogens is 1. The molecule has 1 unspecified atom stereocenters. The molecule has 0 saturated heterocycles. The number of carbonyl (C=O) groups is 1. The Hall–Kier alpha value is -2.33. The Morgan fingerprint density at radius 1 is 0.784 bits per heavy atom. The van der Waals surface area contributed by atoms with Crippen molar-refractivity contribution < 1.29 is 18.8 Å². The van der Waals surface area contributed by atoms with Crippen LogP contribution in [-0.2, 0) is 22.5 Å². The molecular weight excluding hydrogens is 458 g/mol. The summed E-state index contributed by atoms with van der Waals surface area (Å²) < 4.78 is 12.3. The van der Waals surface area contributed by atoms with Crippen LogP contribution in [0.5, 0.6) is 5.75 Å². The highest BCUT2D eigenvalue weighted by molar-refractivity contribution is 5.71. The molecule has 0 aliphatic rings. The van der Waals surface area contributed by atoms with Crippen molar-refractivity contribution in [1.29, 1.82) is 0 Å². The van der Waals surface area contributed by atoms with Gasteiger partial charge in [0.2, 0.25) is 0 Å². The number of carbonyl (C=O) groups excluding carboxylic acids is 1. The highest BCUT2D eigenvalue weighted by Crippen LogP contribution is 2.16. The van der Waals surface area contributed by atoms with Gasteiger partial charge in [-0.2, -0.15) is 0 Å². The van der Waals surface area contributed by atoms with E-state index in [9.17, 15) is 4.79 Å². The van der Waals surface area contributed by atoms with Crippen molar-refractivity contribution >= 4 is 5.97 Å². The number of esters is 1. The van der Waals surface area contributed by atoms with E-state index >= 15 is 0 Å². The second-order valence-corrected chi connectivity index (χ2v) is 11.2. The molecule has 0 spiro atoms. The number of benzene rings is 2. The first-order valence-corrected chi connectivity index (χ1v) is 14.6. The van der Waals surface area contributed by atoms with Gasteiger partial charge in [-0.25, -0.2) is 0 Å². The summed E-state index contributed by atoms with van der Waals surface area (Å²) in [7, 11) is 4.43. The quantitative estimate of drug-likeness (QED) is 0.103. The van der Waals surface area contributed by atoms with E-state index in [1.165, 1.54) is 56.1 Å². The van der Waals surface area contributed by atoms with Crippen LogP contribution in [-0.4, -0.2) is 44.3 Å². The van der Waals surface area contributed by atoms with Crippen LogP contribution < -0.4 is 4.74 Å². The number of aryl methyl sites for hydroxylation is 1. The zero-order valence-corrected chi connectivity index (χ0v) is 24.1. The summed E-state index contributed by atoms with van der Waals surface area (Å²) in [5, 5.41) is 0. The van der Waals surface area contributed by atoms with Gasteiger partial charge in [-0.05, 0) is 43.4 Å². The first-order valence-electron chi connectivity index (χ1n) is 14.6. The third-order valence-corrected chi connectivity index (χ3v) is 7.07. The van der Waals surface area contributed by atoms with Gasteiger partial charge in [0.15, 0.2) is 0 Å². The van der Waals surface area contributed by atoms with Gasteiger partial charge < -0.3 is 14.0 Å². The molecule has 2 aromatic rings. The van der Waals surface area contributed by atoms with Crippen LogP contribution in [0.3, 0.4) is 0 Å². The first kappa shape index (κ1) is 30.9. The minimum Gasteiger partial charge on any atom is -0.494 e. The van der Waals surface area contributed by atoms with Crippen molar-refractivity contribution in [2.45, 2.75) is 91.0 Å². The molecule has 0 amide bonds. The lowest BCUT2D eigenvalue weighted by atomic mass is 10.0. The van der Waals surface area contributed by atoms with Crippen molar-refractivity contribution in [3.05, 3.63) is 65.7 Å². The Labute approximate surface area is 227 Å². The number of hydrogen-bond donors (Lipinski definition) is 0. The largest absolute Gasteiger partial charge is 0.494 e. The zero-order chi connectivity index (χ0) is 26.8. The van der Waals surface area contributed by atoms with Gasteiger partial charge in [0.25, 0.3) is 0 Å². The molecule has 0 fully saturated rings. The lowest BCUT2D eigenvalue weighted by Crippen LogP contribution is -2.40.